The Labute approximate surface area is 124 Å². The average Bonchev–Trinajstić information content (AvgIpc) is 3.17. The molecule has 1 aromatic heterocycles. The summed E-state index contributed by atoms with van der Waals surface area (Å²) in [4.78, 5) is 14.5. The van der Waals surface area contributed by atoms with Crippen LogP contribution in [0.25, 0.3) is 0 Å². The first-order valence-corrected chi connectivity index (χ1v) is 7.18. The Bertz CT molecular complexity index is 654. The molecule has 21 heavy (non-hydrogen) atoms. The summed E-state index contributed by atoms with van der Waals surface area (Å²) in [5, 5.41) is 0. The van der Waals surface area contributed by atoms with Crippen molar-refractivity contribution >= 4 is 11.6 Å². The number of hydrogen-bond donors (Lipinski definition) is 1. The normalized spacial score (nSPS) is 15.7. The number of amides is 1. The fourth-order valence-electron chi connectivity index (χ4n) is 2.79. The Kier molecular flexibility index (Phi) is 3.24. The molecule has 0 saturated heterocycles. The van der Waals surface area contributed by atoms with Gasteiger partial charge in [0, 0.05) is 12.7 Å². The van der Waals surface area contributed by atoms with Gasteiger partial charge < -0.3 is 15.1 Å². The van der Waals surface area contributed by atoms with Gasteiger partial charge in [-0.3, -0.25) is 4.79 Å². The number of aryl methyl sites for hydroxylation is 1. The summed E-state index contributed by atoms with van der Waals surface area (Å²) in [5.74, 6) is 1.84. The van der Waals surface area contributed by atoms with Gasteiger partial charge in [0.25, 0.3) is 0 Å². The third kappa shape index (κ3) is 2.53. The molecule has 1 saturated carbocycles. The molecule has 0 unspecified atom stereocenters. The molecule has 4 heteroatoms. The maximum Gasteiger partial charge on any atom is 0.233 e. The van der Waals surface area contributed by atoms with Gasteiger partial charge in [-0.25, -0.2) is 0 Å². The molecule has 0 radical (unpaired) electrons. The van der Waals surface area contributed by atoms with E-state index in [1.165, 1.54) is 0 Å². The molecule has 0 bridgehead atoms. The Balaban J connectivity index is 1.76. The van der Waals surface area contributed by atoms with Gasteiger partial charge in [-0.05, 0) is 49.6 Å². The third-order valence-electron chi connectivity index (χ3n) is 4.16. The highest BCUT2D eigenvalue weighted by Crippen LogP contribution is 2.49. The molecule has 3 rings (SSSR count). The maximum atomic E-state index is 12.8. The fourth-order valence-corrected chi connectivity index (χ4v) is 2.79. The van der Waals surface area contributed by atoms with Gasteiger partial charge >= 0.3 is 0 Å². The first kappa shape index (κ1) is 13.7. The highest BCUT2D eigenvalue weighted by molar-refractivity contribution is 5.91. The molecule has 1 aliphatic carbocycles. The summed E-state index contributed by atoms with van der Waals surface area (Å²) in [6.07, 6.45) is 1.80. The van der Waals surface area contributed by atoms with Gasteiger partial charge in [-0.2, -0.15) is 0 Å². The fraction of sp³-hybridized carbons (Fsp3) is 0.353. The molecule has 2 N–H and O–H groups in total. The zero-order chi connectivity index (χ0) is 15.0. The number of benzene rings is 1. The van der Waals surface area contributed by atoms with Crippen molar-refractivity contribution < 1.29 is 9.21 Å². The summed E-state index contributed by atoms with van der Waals surface area (Å²) < 4.78 is 5.55. The molecule has 2 aromatic rings. The van der Waals surface area contributed by atoms with E-state index in [0.29, 0.717) is 6.54 Å². The number of nitrogen functional groups attached to an aromatic ring is 1. The standard InChI is InChI=1S/C17H20N2O2/c1-12-3-8-15(21-12)11-19(2)16(20)17(9-10-17)13-4-6-14(18)7-5-13/h3-8H,9-11,18H2,1-2H3. The smallest absolute Gasteiger partial charge is 0.233 e. The molecule has 1 fully saturated rings. The lowest BCUT2D eigenvalue weighted by Crippen LogP contribution is -2.36. The van der Waals surface area contributed by atoms with E-state index in [4.69, 9.17) is 10.2 Å². The minimum Gasteiger partial charge on any atom is -0.464 e. The van der Waals surface area contributed by atoms with Gasteiger partial charge in [0.15, 0.2) is 0 Å². The first-order chi connectivity index (χ1) is 10.0. The number of hydrogen-bond acceptors (Lipinski definition) is 3. The molecule has 1 amide bonds. The van der Waals surface area contributed by atoms with Crippen LogP contribution in [0.1, 0.15) is 29.9 Å². The number of carbonyl (C=O) groups is 1. The first-order valence-electron chi connectivity index (χ1n) is 7.18. The lowest BCUT2D eigenvalue weighted by atomic mass is 9.94. The average molecular weight is 284 g/mol. The van der Waals surface area contributed by atoms with Crippen molar-refractivity contribution in [2.75, 3.05) is 12.8 Å². The van der Waals surface area contributed by atoms with E-state index in [9.17, 15) is 4.79 Å². The second kappa shape index (κ2) is 4.95. The number of nitrogens with zero attached hydrogens (tertiary/aromatic N) is 1. The second-order valence-corrected chi connectivity index (χ2v) is 5.88. The highest BCUT2D eigenvalue weighted by Gasteiger charge is 2.52. The topological polar surface area (TPSA) is 59.5 Å². The number of anilines is 1. The molecule has 0 aliphatic heterocycles. The number of nitrogens with two attached hydrogens (primary N) is 1. The van der Waals surface area contributed by atoms with Gasteiger partial charge in [0.05, 0.1) is 12.0 Å². The lowest BCUT2D eigenvalue weighted by Gasteiger charge is -2.23. The minimum atomic E-state index is -0.357. The minimum absolute atomic E-state index is 0.154. The monoisotopic (exact) mass is 284 g/mol. The molecule has 1 heterocycles. The van der Waals surface area contributed by atoms with Crippen LogP contribution in [0.4, 0.5) is 5.69 Å². The molecule has 0 spiro atoms. The van der Waals surface area contributed by atoms with E-state index in [0.717, 1.165) is 35.6 Å². The van der Waals surface area contributed by atoms with Crippen LogP contribution in [0.5, 0.6) is 0 Å². The summed E-state index contributed by atoms with van der Waals surface area (Å²) in [6, 6.07) is 11.5. The quantitative estimate of drug-likeness (QED) is 0.878. The van der Waals surface area contributed by atoms with Crippen molar-refractivity contribution in [3.8, 4) is 0 Å². The molecular formula is C17H20N2O2. The summed E-state index contributed by atoms with van der Waals surface area (Å²) in [7, 11) is 1.83. The van der Waals surface area contributed by atoms with E-state index in [1.807, 2.05) is 50.4 Å². The Morgan fingerprint density at radius 3 is 2.43 bits per heavy atom. The van der Waals surface area contributed by atoms with E-state index < -0.39 is 0 Å². The summed E-state index contributed by atoms with van der Waals surface area (Å²) >= 11 is 0. The molecule has 1 aromatic carbocycles. The van der Waals surface area contributed by atoms with Gasteiger partial charge in [-0.1, -0.05) is 12.1 Å². The van der Waals surface area contributed by atoms with E-state index >= 15 is 0 Å². The predicted octanol–water partition coefficient (Wildman–Crippen LogP) is 2.86. The zero-order valence-electron chi connectivity index (χ0n) is 12.4. The van der Waals surface area contributed by atoms with Crippen LogP contribution in [0.2, 0.25) is 0 Å². The highest BCUT2D eigenvalue weighted by atomic mass is 16.3. The van der Waals surface area contributed by atoms with Gasteiger partial charge in [0.2, 0.25) is 5.91 Å². The van der Waals surface area contributed by atoms with Crippen molar-refractivity contribution in [1.82, 2.24) is 4.90 Å². The van der Waals surface area contributed by atoms with Crippen LogP contribution in [0, 0.1) is 6.92 Å². The van der Waals surface area contributed by atoms with Crippen LogP contribution in [-0.2, 0) is 16.8 Å². The van der Waals surface area contributed by atoms with Crippen LogP contribution >= 0.6 is 0 Å². The van der Waals surface area contributed by atoms with Crippen LogP contribution in [0.3, 0.4) is 0 Å². The molecule has 110 valence electrons. The number of carbonyl (C=O) groups excluding carboxylic acids is 1. The largest absolute Gasteiger partial charge is 0.464 e. The molecule has 1 aliphatic rings. The maximum absolute atomic E-state index is 12.8. The summed E-state index contributed by atoms with van der Waals surface area (Å²) in [5.41, 5.74) is 7.15. The Morgan fingerprint density at radius 2 is 1.90 bits per heavy atom. The summed E-state index contributed by atoms with van der Waals surface area (Å²) in [6.45, 7) is 2.41. The molecular weight excluding hydrogens is 264 g/mol. The molecule has 0 atom stereocenters. The van der Waals surface area contributed by atoms with E-state index in [2.05, 4.69) is 0 Å². The van der Waals surface area contributed by atoms with Crippen molar-refractivity contribution in [3.63, 3.8) is 0 Å². The second-order valence-electron chi connectivity index (χ2n) is 5.88. The van der Waals surface area contributed by atoms with Crippen LogP contribution < -0.4 is 5.73 Å². The lowest BCUT2D eigenvalue weighted by molar-refractivity contribution is -0.133. The number of furan rings is 1. The van der Waals surface area contributed by atoms with Crippen LogP contribution in [-0.4, -0.2) is 17.9 Å². The predicted molar refractivity (Wildman–Crippen MR) is 81.7 cm³/mol. The van der Waals surface area contributed by atoms with Crippen molar-refractivity contribution in [1.29, 1.82) is 0 Å². The van der Waals surface area contributed by atoms with Crippen molar-refractivity contribution in [2.45, 2.75) is 31.7 Å². The van der Waals surface area contributed by atoms with Crippen molar-refractivity contribution in [3.05, 3.63) is 53.5 Å². The third-order valence-corrected chi connectivity index (χ3v) is 4.16. The van der Waals surface area contributed by atoms with E-state index in [-0.39, 0.29) is 11.3 Å². The Morgan fingerprint density at radius 1 is 1.24 bits per heavy atom. The molecule has 4 nitrogen and oxygen atoms in total. The SMILES string of the molecule is Cc1ccc(CN(C)C(=O)C2(c3ccc(N)cc3)CC2)o1. The number of likely N-dealkylation sites (N-methyl/N-ethyl adjacent to an activating group) is 1. The van der Waals surface area contributed by atoms with Gasteiger partial charge in [-0.15, -0.1) is 0 Å². The van der Waals surface area contributed by atoms with E-state index in [1.54, 1.807) is 4.90 Å². The zero-order valence-corrected chi connectivity index (χ0v) is 12.4. The van der Waals surface area contributed by atoms with Crippen LogP contribution in [0.15, 0.2) is 40.8 Å². The number of rotatable bonds is 4. The Hall–Kier alpha value is -2.23. The van der Waals surface area contributed by atoms with Crippen molar-refractivity contribution in [2.24, 2.45) is 0 Å². The van der Waals surface area contributed by atoms with Gasteiger partial charge in [0.1, 0.15) is 11.5 Å².